The molecule has 5 rings (SSSR count). The molecular weight excluding hydrogens is 425 g/mol. The van der Waals surface area contributed by atoms with Crippen LogP contribution in [0.1, 0.15) is 17.0 Å². The summed E-state index contributed by atoms with van der Waals surface area (Å²) in [6, 6.07) is 12.5. The summed E-state index contributed by atoms with van der Waals surface area (Å²) in [5, 5.41) is 0. The third-order valence-corrected chi connectivity index (χ3v) is 7.33. The Hall–Kier alpha value is -2.68. The van der Waals surface area contributed by atoms with Crippen LogP contribution in [0.25, 0.3) is 0 Å². The van der Waals surface area contributed by atoms with Crippen LogP contribution in [0.15, 0.2) is 59.8 Å². The first-order chi connectivity index (χ1) is 15.5. The molecule has 1 fully saturated rings. The average molecular weight is 452 g/mol. The van der Waals surface area contributed by atoms with E-state index in [0.29, 0.717) is 12.1 Å². The monoisotopic (exact) mass is 451 g/mol. The van der Waals surface area contributed by atoms with Gasteiger partial charge in [-0.05, 0) is 42.9 Å². The Morgan fingerprint density at radius 3 is 2.69 bits per heavy atom. The number of ether oxygens (including phenoxy) is 1. The fourth-order valence-corrected chi connectivity index (χ4v) is 5.43. The lowest BCUT2D eigenvalue weighted by molar-refractivity contribution is 0.147. The molecule has 3 aromatic rings. The van der Waals surface area contributed by atoms with Crippen molar-refractivity contribution in [1.29, 1.82) is 0 Å². The van der Waals surface area contributed by atoms with Gasteiger partial charge in [0, 0.05) is 68.2 Å². The molecule has 1 aromatic carbocycles. The summed E-state index contributed by atoms with van der Waals surface area (Å²) in [7, 11) is 2.16. The number of benzene rings is 1. The SMILES string of the molecule is CN1CCN(Cc2ccc(C3(Oc4ccc(N)cc4F)Cc4ncccc4S3)nc2)CC1. The summed E-state index contributed by atoms with van der Waals surface area (Å²) in [4.78, 5) is 14.2. The molecule has 2 aromatic heterocycles. The van der Waals surface area contributed by atoms with Gasteiger partial charge in [-0.2, -0.15) is 0 Å². The Morgan fingerprint density at radius 2 is 1.97 bits per heavy atom. The predicted molar refractivity (Wildman–Crippen MR) is 124 cm³/mol. The smallest absolute Gasteiger partial charge is 0.206 e. The lowest BCUT2D eigenvalue weighted by Gasteiger charge is -2.32. The largest absolute Gasteiger partial charge is 0.467 e. The van der Waals surface area contributed by atoms with Crippen molar-refractivity contribution in [3.05, 3.63) is 77.6 Å². The second kappa shape index (κ2) is 8.69. The second-order valence-corrected chi connectivity index (χ2v) is 9.71. The molecule has 2 N–H and O–H groups in total. The zero-order valence-electron chi connectivity index (χ0n) is 18.0. The highest BCUT2D eigenvalue weighted by molar-refractivity contribution is 8.00. The van der Waals surface area contributed by atoms with Gasteiger partial charge in [0.2, 0.25) is 4.93 Å². The van der Waals surface area contributed by atoms with Gasteiger partial charge in [-0.3, -0.25) is 14.9 Å². The van der Waals surface area contributed by atoms with Gasteiger partial charge in [-0.1, -0.05) is 17.8 Å². The van der Waals surface area contributed by atoms with E-state index >= 15 is 0 Å². The number of nitrogens with two attached hydrogens (primary N) is 1. The van der Waals surface area contributed by atoms with E-state index in [2.05, 4.69) is 27.9 Å². The third-order valence-electron chi connectivity index (χ3n) is 5.97. The Labute approximate surface area is 191 Å². The highest BCUT2D eigenvalue weighted by atomic mass is 32.2. The van der Waals surface area contributed by atoms with Crippen LogP contribution in [0.4, 0.5) is 10.1 Å². The molecule has 0 saturated carbocycles. The van der Waals surface area contributed by atoms with E-state index in [1.54, 1.807) is 18.3 Å². The maximum atomic E-state index is 14.6. The van der Waals surface area contributed by atoms with E-state index in [9.17, 15) is 4.39 Å². The number of rotatable bonds is 5. The van der Waals surface area contributed by atoms with Crippen molar-refractivity contribution in [2.24, 2.45) is 0 Å². The molecule has 1 unspecified atom stereocenters. The zero-order chi connectivity index (χ0) is 22.1. The third kappa shape index (κ3) is 4.30. The van der Waals surface area contributed by atoms with Crippen molar-refractivity contribution in [3.63, 3.8) is 0 Å². The molecule has 8 heteroatoms. The summed E-state index contributed by atoms with van der Waals surface area (Å²) in [6.45, 7) is 5.14. The van der Waals surface area contributed by atoms with Gasteiger partial charge < -0.3 is 15.4 Å². The van der Waals surface area contributed by atoms with Crippen LogP contribution in [0.5, 0.6) is 5.75 Å². The number of nitrogens with zero attached hydrogens (tertiary/aromatic N) is 4. The van der Waals surface area contributed by atoms with E-state index in [4.69, 9.17) is 15.5 Å². The van der Waals surface area contributed by atoms with E-state index in [1.165, 1.54) is 17.8 Å². The van der Waals surface area contributed by atoms with E-state index < -0.39 is 10.8 Å². The first-order valence-electron chi connectivity index (χ1n) is 10.7. The van der Waals surface area contributed by atoms with Gasteiger partial charge in [0.1, 0.15) is 0 Å². The van der Waals surface area contributed by atoms with E-state index in [-0.39, 0.29) is 5.75 Å². The second-order valence-electron chi connectivity index (χ2n) is 8.40. The molecule has 2 aliphatic heterocycles. The number of thioether (sulfide) groups is 1. The fraction of sp³-hybridized carbons (Fsp3) is 0.333. The Balaban J connectivity index is 1.42. The maximum Gasteiger partial charge on any atom is 0.206 e. The number of anilines is 1. The topological polar surface area (TPSA) is 67.5 Å². The molecule has 1 atom stereocenters. The number of halogens is 1. The number of likely N-dealkylation sites (N-methyl/N-ethyl adjacent to an activating group) is 1. The molecule has 166 valence electrons. The predicted octanol–water partition coefficient (Wildman–Crippen LogP) is 3.53. The van der Waals surface area contributed by atoms with Crippen molar-refractivity contribution in [1.82, 2.24) is 19.8 Å². The molecule has 0 aliphatic carbocycles. The molecule has 2 aliphatic rings. The minimum absolute atomic E-state index is 0.155. The number of aromatic nitrogens is 2. The van der Waals surface area contributed by atoms with Crippen molar-refractivity contribution in [2.45, 2.75) is 22.8 Å². The summed E-state index contributed by atoms with van der Waals surface area (Å²) in [5.74, 6) is -0.330. The first-order valence-corrected chi connectivity index (χ1v) is 11.6. The number of hydrogen-bond acceptors (Lipinski definition) is 7. The van der Waals surface area contributed by atoms with Crippen LogP contribution in [0.2, 0.25) is 0 Å². The molecule has 32 heavy (non-hydrogen) atoms. The van der Waals surface area contributed by atoms with Crippen molar-refractivity contribution >= 4 is 17.4 Å². The Kier molecular flexibility index (Phi) is 5.75. The maximum absolute atomic E-state index is 14.6. The van der Waals surface area contributed by atoms with Crippen molar-refractivity contribution < 1.29 is 9.13 Å². The van der Waals surface area contributed by atoms with Gasteiger partial charge in [0.15, 0.2) is 11.6 Å². The summed E-state index contributed by atoms with van der Waals surface area (Å²) in [5.41, 5.74) is 8.91. The van der Waals surface area contributed by atoms with Crippen LogP contribution >= 0.6 is 11.8 Å². The zero-order valence-corrected chi connectivity index (χ0v) is 18.8. The number of nitrogen functional groups attached to an aromatic ring is 1. The van der Waals surface area contributed by atoms with E-state index in [1.807, 2.05) is 24.4 Å². The van der Waals surface area contributed by atoms with Crippen LogP contribution in [-0.4, -0.2) is 53.0 Å². The number of piperazine rings is 1. The molecule has 4 heterocycles. The summed E-state index contributed by atoms with van der Waals surface area (Å²) in [6.07, 6.45) is 4.18. The minimum atomic E-state index is -0.889. The minimum Gasteiger partial charge on any atom is -0.467 e. The standard InChI is InChI=1S/C24H26FN5OS/c1-29-9-11-30(12-10-29)16-17-4-7-23(28-15-17)24(14-20-22(32-24)3-2-8-27-20)31-21-6-5-18(26)13-19(21)25/h2-8,13,15H,9-12,14,16,26H2,1H3. The Morgan fingerprint density at radius 1 is 1.12 bits per heavy atom. The van der Waals surface area contributed by atoms with E-state index in [0.717, 1.165) is 54.6 Å². The van der Waals surface area contributed by atoms with Crippen LogP contribution in [0.3, 0.4) is 0 Å². The van der Waals surface area contributed by atoms with Crippen LogP contribution in [-0.2, 0) is 17.9 Å². The number of hydrogen-bond donors (Lipinski definition) is 1. The van der Waals surface area contributed by atoms with Crippen molar-refractivity contribution in [2.75, 3.05) is 39.0 Å². The highest BCUT2D eigenvalue weighted by Gasteiger charge is 2.45. The van der Waals surface area contributed by atoms with Crippen molar-refractivity contribution in [3.8, 4) is 5.75 Å². The number of pyridine rings is 2. The normalized spacial score (nSPS) is 21.4. The highest BCUT2D eigenvalue weighted by Crippen LogP contribution is 2.51. The average Bonchev–Trinajstić information content (AvgIpc) is 3.17. The van der Waals surface area contributed by atoms with Gasteiger partial charge in [0.25, 0.3) is 0 Å². The molecule has 0 radical (unpaired) electrons. The summed E-state index contributed by atoms with van der Waals surface area (Å²) < 4.78 is 20.9. The van der Waals surface area contributed by atoms with Crippen LogP contribution < -0.4 is 10.5 Å². The van der Waals surface area contributed by atoms with Gasteiger partial charge in [-0.15, -0.1) is 0 Å². The lowest BCUT2D eigenvalue weighted by Crippen LogP contribution is -2.43. The van der Waals surface area contributed by atoms with Gasteiger partial charge >= 0.3 is 0 Å². The molecule has 0 amide bonds. The molecule has 0 spiro atoms. The first kappa shape index (κ1) is 21.2. The quantitative estimate of drug-likeness (QED) is 0.595. The fourth-order valence-electron chi connectivity index (χ4n) is 4.12. The van der Waals surface area contributed by atoms with Crippen LogP contribution in [0, 0.1) is 5.82 Å². The number of fused-ring (bicyclic) bond motifs is 1. The molecular formula is C24H26FN5OS. The van der Waals surface area contributed by atoms with Gasteiger partial charge in [0.05, 0.1) is 11.4 Å². The van der Waals surface area contributed by atoms with Gasteiger partial charge in [-0.25, -0.2) is 4.39 Å². The molecule has 0 bridgehead atoms. The Bertz CT molecular complexity index is 1080. The summed E-state index contributed by atoms with van der Waals surface area (Å²) >= 11 is 1.53. The molecule has 1 saturated heterocycles. The molecule has 6 nitrogen and oxygen atoms in total. The lowest BCUT2D eigenvalue weighted by atomic mass is 10.1.